The lowest BCUT2D eigenvalue weighted by molar-refractivity contribution is -0.124. The van der Waals surface area contributed by atoms with E-state index in [1.807, 2.05) is 6.08 Å². The monoisotopic (exact) mass is 347 g/mol. The Labute approximate surface area is 152 Å². The quantitative estimate of drug-likeness (QED) is 0.508. The van der Waals surface area contributed by atoms with Crippen LogP contribution in [0, 0.1) is 0 Å². The molecule has 1 atom stereocenters. The first-order valence-electron chi connectivity index (χ1n) is 8.77. The molecule has 132 valence electrons. The molecule has 4 rings (SSSR count). The van der Waals surface area contributed by atoms with Crippen molar-refractivity contribution in [1.82, 2.24) is 16.1 Å². The van der Waals surface area contributed by atoms with Crippen LogP contribution in [-0.4, -0.2) is 17.3 Å². The van der Waals surface area contributed by atoms with Gasteiger partial charge in [-0.05, 0) is 47.2 Å². The van der Waals surface area contributed by atoms with E-state index in [0.717, 1.165) is 12.8 Å². The fourth-order valence-electron chi connectivity index (χ4n) is 3.68. The number of benzene rings is 2. The molecule has 0 aromatic heterocycles. The SMILES string of the molecule is O=C(NO)C1=CNC(NC2c3ccccc3CCc3ccccc32)C=C1. The van der Waals surface area contributed by atoms with E-state index in [1.54, 1.807) is 17.8 Å². The number of hydrogen-bond acceptors (Lipinski definition) is 4. The van der Waals surface area contributed by atoms with Crippen LogP contribution in [0.4, 0.5) is 0 Å². The first-order valence-corrected chi connectivity index (χ1v) is 8.77. The number of carbonyl (C=O) groups is 1. The topological polar surface area (TPSA) is 73.4 Å². The maximum absolute atomic E-state index is 11.5. The minimum atomic E-state index is -0.530. The lowest BCUT2D eigenvalue weighted by Gasteiger charge is -2.28. The van der Waals surface area contributed by atoms with Crippen molar-refractivity contribution in [3.63, 3.8) is 0 Å². The third kappa shape index (κ3) is 3.14. The Morgan fingerprint density at radius 3 is 2.15 bits per heavy atom. The summed E-state index contributed by atoms with van der Waals surface area (Å²) in [5.74, 6) is -0.530. The number of rotatable bonds is 3. The van der Waals surface area contributed by atoms with Crippen molar-refractivity contribution < 1.29 is 10.0 Å². The minimum absolute atomic E-state index is 0.0636. The molecule has 4 N–H and O–H groups in total. The summed E-state index contributed by atoms with van der Waals surface area (Å²) in [7, 11) is 0. The maximum Gasteiger partial charge on any atom is 0.276 e. The molecule has 1 heterocycles. The fraction of sp³-hybridized carbons (Fsp3) is 0.190. The molecule has 0 bridgehead atoms. The lowest BCUT2D eigenvalue weighted by Crippen LogP contribution is -2.43. The van der Waals surface area contributed by atoms with Gasteiger partial charge in [0.05, 0.1) is 17.8 Å². The second-order valence-corrected chi connectivity index (χ2v) is 6.54. The molecular weight excluding hydrogens is 326 g/mol. The van der Waals surface area contributed by atoms with Crippen LogP contribution < -0.4 is 16.1 Å². The van der Waals surface area contributed by atoms with Gasteiger partial charge in [-0.1, -0.05) is 48.5 Å². The van der Waals surface area contributed by atoms with E-state index in [4.69, 9.17) is 5.21 Å². The van der Waals surface area contributed by atoms with Gasteiger partial charge >= 0.3 is 0 Å². The van der Waals surface area contributed by atoms with E-state index in [2.05, 4.69) is 59.2 Å². The van der Waals surface area contributed by atoms with Crippen molar-refractivity contribution in [2.45, 2.75) is 25.0 Å². The van der Waals surface area contributed by atoms with Gasteiger partial charge in [-0.25, -0.2) is 5.48 Å². The molecule has 0 saturated carbocycles. The lowest BCUT2D eigenvalue weighted by atomic mass is 9.94. The molecule has 1 unspecified atom stereocenters. The standard InChI is InChI=1S/C21H21N3O2/c25-21(24-26)16-11-12-19(22-13-16)23-20-17-7-3-1-5-14(17)9-10-15-6-2-4-8-18(15)20/h1-8,11-13,19-20,22-23,26H,9-10H2,(H,24,25). The number of aryl methyl sites for hydroxylation is 2. The number of hydrogen-bond donors (Lipinski definition) is 4. The third-order valence-electron chi connectivity index (χ3n) is 4.99. The van der Waals surface area contributed by atoms with Crippen LogP contribution in [-0.2, 0) is 17.6 Å². The van der Waals surface area contributed by atoms with Crippen LogP contribution in [0.1, 0.15) is 28.3 Å². The second kappa shape index (κ2) is 7.15. The number of amides is 1. The van der Waals surface area contributed by atoms with Crippen LogP contribution in [0.2, 0.25) is 0 Å². The highest BCUT2D eigenvalue weighted by molar-refractivity contribution is 5.95. The van der Waals surface area contributed by atoms with E-state index < -0.39 is 5.91 Å². The zero-order valence-corrected chi connectivity index (χ0v) is 14.3. The number of hydroxylamine groups is 1. The van der Waals surface area contributed by atoms with E-state index in [9.17, 15) is 4.79 Å². The molecule has 0 fully saturated rings. The van der Waals surface area contributed by atoms with Gasteiger partial charge in [0.2, 0.25) is 0 Å². The van der Waals surface area contributed by atoms with Crippen LogP contribution in [0.25, 0.3) is 0 Å². The van der Waals surface area contributed by atoms with E-state index in [1.165, 1.54) is 22.3 Å². The van der Waals surface area contributed by atoms with Gasteiger partial charge in [0, 0.05) is 6.20 Å². The first kappa shape index (κ1) is 16.6. The zero-order valence-electron chi connectivity index (χ0n) is 14.3. The Bertz CT molecular complexity index is 841. The van der Waals surface area contributed by atoms with E-state index in [-0.39, 0.29) is 12.2 Å². The van der Waals surface area contributed by atoms with Crippen LogP contribution in [0.5, 0.6) is 0 Å². The van der Waals surface area contributed by atoms with Gasteiger partial charge in [-0.3, -0.25) is 15.3 Å². The largest absolute Gasteiger partial charge is 0.372 e. The number of nitrogens with one attached hydrogen (secondary N) is 3. The van der Waals surface area contributed by atoms with Gasteiger partial charge in [0.1, 0.15) is 0 Å². The Morgan fingerprint density at radius 2 is 1.62 bits per heavy atom. The second-order valence-electron chi connectivity index (χ2n) is 6.54. The summed E-state index contributed by atoms with van der Waals surface area (Å²) in [6.45, 7) is 0. The highest BCUT2D eigenvalue weighted by Gasteiger charge is 2.25. The maximum atomic E-state index is 11.5. The molecule has 5 nitrogen and oxygen atoms in total. The van der Waals surface area contributed by atoms with Crippen molar-refractivity contribution in [3.8, 4) is 0 Å². The fourth-order valence-corrected chi connectivity index (χ4v) is 3.68. The Balaban J connectivity index is 1.63. The van der Waals surface area contributed by atoms with Gasteiger partial charge in [-0.15, -0.1) is 0 Å². The molecular formula is C21H21N3O2. The van der Waals surface area contributed by atoms with Crippen LogP contribution in [0.15, 0.2) is 72.5 Å². The van der Waals surface area contributed by atoms with Gasteiger partial charge in [0.15, 0.2) is 0 Å². The van der Waals surface area contributed by atoms with E-state index in [0.29, 0.717) is 5.57 Å². The number of carbonyl (C=O) groups excluding carboxylic acids is 1. The minimum Gasteiger partial charge on any atom is -0.372 e. The molecule has 5 heteroatoms. The van der Waals surface area contributed by atoms with Crippen molar-refractivity contribution >= 4 is 5.91 Å². The average molecular weight is 347 g/mol. The summed E-state index contributed by atoms with van der Waals surface area (Å²) in [4.78, 5) is 11.5. The van der Waals surface area contributed by atoms with Crippen molar-refractivity contribution in [1.29, 1.82) is 0 Å². The zero-order chi connectivity index (χ0) is 17.9. The predicted molar refractivity (Wildman–Crippen MR) is 99.3 cm³/mol. The van der Waals surface area contributed by atoms with Crippen molar-refractivity contribution in [2.75, 3.05) is 0 Å². The third-order valence-corrected chi connectivity index (χ3v) is 4.99. The Hall–Kier alpha value is -2.89. The molecule has 2 aromatic rings. The van der Waals surface area contributed by atoms with Gasteiger partial charge in [0.25, 0.3) is 5.91 Å². The van der Waals surface area contributed by atoms with Crippen LogP contribution in [0.3, 0.4) is 0 Å². The predicted octanol–water partition coefficient (Wildman–Crippen LogP) is 2.34. The summed E-state index contributed by atoms with van der Waals surface area (Å²) >= 11 is 0. The highest BCUT2D eigenvalue weighted by atomic mass is 16.5. The smallest absolute Gasteiger partial charge is 0.276 e. The van der Waals surface area contributed by atoms with Gasteiger partial charge in [-0.2, -0.15) is 0 Å². The molecule has 2 aromatic carbocycles. The molecule has 26 heavy (non-hydrogen) atoms. The number of dihydropyridines is 1. The van der Waals surface area contributed by atoms with Gasteiger partial charge < -0.3 is 5.32 Å². The average Bonchev–Trinajstić information content (AvgIpc) is 2.86. The normalized spacial score (nSPS) is 18.8. The first-order chi connectivity index (χ1) is 12.8. The summed E-state index contributed by atoms with van der Waals surface area (Å²) in [6, 6.07) is 17.2. The number of fused-ring (bicyclic) bond motifs is 2. The summed E-state index contributed by atoms with van der Waals surface area (Å²) in [5.41, 5.74) is 7.32. The Kier molecular flexibility index (Phi) is 4.56. The molecule has 0 spiro atoms. The van der Waals surface area contributed by atoms with Crippen molar-refractivity contribution in [3.05, 3.63) is 94.7 Å². The molecule has 1 aliphatic heterocycles. The van der Waals surface area contributed by atoms with Crippen molar-refractivity contribution in [2.24, 2.45) is 0 Å². The molecule has 0 saturated heterocycles. The van der Waals surface area contributed by atoms with E-state index >= 15 is 0 Å². The highest BCUT2D eigenvalue weighted by Crippen LogP contribution is 2.32. The van der Waals surface area contributed by atoms with Crippen LogP contribution >= 0.6 is 0 Å². The summed E-state index contributed by atoms with van der Waals surface area (Å²) in [6.07, 6.45) is 7.14. The molecule has 0 radical (unpaired) electrons. The Morgan fingerprint density at radius 1 is 1.00 bits per heavy atom. The summed E-state index contributed by atoms with van der Waals surface area (Å²) < 4.78 is 0. The molecule has 1 amide bonds. The molecule has 1 aliphatic carbocycles. The summed E-state index contributed by atoms with van der Waals surface area (Å²) in [5, 5.41) is 15.6. The molecule has 2 aliphatic rings.